The number of likely N-dealkylation sites (tertiary alicyclic amines) is 1. The second-order valence-electron chi connectivity index (χ2n) is 12.0. The van der Waals surface area contributed by atoms with Gasteiger partial charge < -0.3 is 29.7 Å². The zero-order chi connectivity index (χ0) is 31.4. The number of benzene rings is 2. The van der Waals surface area contributed by atoms with Gasteiger partial charge in [-0.1, -0.05) is 85.0 Å². The summed E-state index contributed by atoms with van der Waals surface area (Å²) in [5.41, 5.74) is 0.312. The maximum Gasteiger partial charge on any atom is 0.313 e. The lowest BCUT2D eigenvalue weighted by atomic mass is 9.74. The topological polar surface area (TPSA) is 125 Å². The average Bonchev–Trinajstić information content (AvgIpc) is 3.70. The van der Waals surface area contributed by atoms with Gasteiger partial charge in [0.15, 0.2) is 0 Å². The Bertz CT molecular complexity index is 1460. The second kappa shape index (κ2) is 13.4. The molecule has 5 bridgehead atoms. The van der Waals surface area contributed by atoms with Crippen LogP contribution in [0.2, 0.25) is 0 Å². The molecule has 4 aliphatic heterocycles. The number of allylic oxidation sites excluding steroid dienone is 1. The standard InChI is InChI=1S/C35H39N3O7/c39-21-11-10-20-38-31-33(42)37(23-24-12-4-1-5-13-24)19-9-3-8-16-28(40)36-22-27(25-14-6-2-7-15-25)44-34(43)29-26-17-18-35(31,45-26)30(29)32(38)41/h1-7,9,12-15,17-18,26-27,29-31,39H,8,10-11,16,19-23H2,(H,36,40)/b9-3-/t26-,27-,29+,30+,31-,35+/m0/s1. The van der Waals surface area contributed by atoms with Gasteiger partial charge in [0, 0.05) is 32.7 Å². The number of nitrogens with zero attached hydrogens (tertiary/aromatic N) is 2. The van der Waals surface area contributed by atoms with E-state index in [1.165, 1.54) is 0 Å². The van der Waals surface area contributed by atoms with E-state index in [-0.39, 0.29) is 50.4 Å². The summed E-state index contributed by atoms with van der Waals surface area (Å²) >= 11 is 0. The van der Waals surface area contributed by atoms with Gasteiger partial charge in [0.25, 0.3) is 0 Å². The van der Waals surface area contributed by atoms with Gasteiger partial charge in [-0.3, -0.25) is 19.2 Å². The van der Waals surface area contributed by atoms with Crippen molar-refractivity contribution in [3.05, 3.63) is 96.1 Å². The fraction of sp³-hybridized carbons (Fsp3) is 0.429. The number of unbranched alkanes of at least 4 members (excludes halogenated alkanes) is 1. The molecule has 6 rings (SSSR count). The normalized spacial score (nSPS) is 30.7. The second-order valence-corrected chi connectivity index (χ2v) is 12.0. The van der Waals surface area contributed by atoms with E-state index in [4.69, 9.17) is 9.47 Å². The molecule has 0 aromatic heterocycles. The van der Waals surface area contributed by atoms with Crippen LogP contribution in [-0.2, 0) is 35.2 Å². The minimum absolute atomic E-state index is 0.0367. The van der Waals surface area contributed by atoms with Crippen molar-refractivity contribution in [2.45, 2.75) is 56.1 Å². The van der Waals surface area contributed by atoms with E-state index in [0.29, 0.717) is 31.4 Å². The molecule has 4 heterocycles. The first-order valence-corrected chi connectivity index (χ1v) is 15.7. The SMILES string of the molecule is O=C1CC/C=C\CN(Cc2ccccc2)C(=O)[C@@H]2N(CCCCO)C(=O)[C@H]3[C@H](C(=O)O[C@H](c4ccccc4)CN1)[C@@H]1C=C[C@]23O1. The van der Waals surface area contributed by atoms with Gasteiger partial charge >= 0.3 is 5.97 Å². The van der Waals surface area contributed by atoms with Gasteiger partial charge in [-0.2, -0.15) is 0 Å². The number of hydrogen-bond acceptors (Lipinski definition) is 7. The molecule has 45 heavy (non-hydrogen) atoms. The molecule has 2 aromatic rings. The van der Waals surface area contributed by atoms with Crippen LogP contribution in [0, 0.1) is 11.8 Å². The molecule has 236 valence electrons. The molecular weight excluding hydrogens is 574 g/mol. The molecule has 10 nitrogen and oxygen atoms in total. The number of aliphatic hydroxyl groups excluding tert-OH is 1. The van der Waals surface area contributed by atoms with Crippen molar-refractivity contribution in [2.75, 3.05) is 26.2 Å². The van der Waals surface area contributed by atoms with Crippen molar-refractivity contribution < 1.29 is 33.8 Å². The van der Waals surface area contributed by atoms with Crippen LogP contribution in [0.3, 0.4) is 0 Å². The smallest absolute Gasteiger partial charge is 0.313 e. The van der Waals surface area contributed by atoms with E-state index in [0.717, 1.165) is 5.56 Å². The zero-order valence-electron chi connectivity index (χ0n) is 25.1. The van der Waals surface area contributed by atoms with Crippen LogP contribution in [0.4, 0.5) is 0 Å². The van der Waals surface area contributed by atoms with Crippen LogP contribution in [0.15, 0.2) is 85.0 Å². The number of carbonyl (C=O) groups is 4. The fourth-order valence-electron chi connectivity index (χ4n) is 7.00. The predicted octanol–water partition coefficient (Wildman–Crippen LogP) is 2.69. The molecule has 2 N–H and O–H groups in total. The minimum Gasteiger partial charge on any atom is -0.455 e. The Kier molecular flexibility index (Phi) is 9.14. The van der Waals surface area contributed by atoms with Crippen LogP contribution < -0.4 is 5.32 Å². The van der Waals surface area contributed by atoms with Crippen LogP contribution in [0.25, 0.3) is 0 Å². The van der Waals surface area contributed by atoms with Gasteiger partial charge in [-0.15, -0.1) is 0 Å². The summed E-state index contributed by atoms with van der Waals surface area (Å²) in [6.45, 7) is 0.851. The van der Waals surface area contributed by atoms with E-state index in [1.54, 1.807) is 22.0 Å². The Balaban J connectivity index is 1.39. The zero-order valence-corrected chi connectivity index (χ0v) is 25.1. The lowest BCUT2D eigenvalue weighted by Crippen LogP contribution is -2.55. The summed E-state index contributed by atoms with van der Waals surface area (Å²) in [6, 6.07) is 17.8. The molecular formula is C35H39N3O7. The molecule has 6 atom stereocenters. The Hall–Kier alpha value is -4.28. The third kappa shape index (κ3) is 6.04. The maximum absolute atomic E-state index is 14.6. The molecule has 0 radical (unpaired) electrons. The highest BCUT2D eigenvalue weighted by atomic mass is 16.6. The van der Waals surface area contributed by atoms with E-state index in [1.807, 2.05) is 72.8 Å². The van der Waals surface area contributed by atoms with Crippen molar-refractivity contribution >= 4 is 23.7 Å². The number of ether oxygens (including phenoxy) is 2. The Morgan fingerprint density at radius 3 is 2.44 bits per heavy atom. The van der Waals surface area contributed by atoms with Gasteiger partial charge in [-0.25, -0.2) is 0 Å². The Morgan fingerprint density at radius 1 is 0.933 bits per heavy atom. The maximum atomic E-state index is 14.6. The molecule has 3 amide bonds. The average molecular weight is 614 g/mol. The van der Waals surface area contributed by atoms with Crippen molar-refractivity contribution in [2.24, 2.45) is 11.8 Å². The molecule has 0 unspecified atom stereocenters. The van der Waals surface area contributed by atoms with Crippen molar-refractivity contribution in [1.82, 2.24) is 15.1 Å². The predicted molar refractivity (Wildman–Crippen MR) is 164 cm³/mol. The van der Waals surface area contributed by atoms with Crippen molar-refractivity contribution in [3.63, 3.8) is 0 Å². The summed E-state index contributed by atoms with van der Waals surface area (Å²) in [5, 5.41) is 12.4. The van der Waals surface area contributed by atoms with Crippen LogP contribution >= 0.6 is 0 Å². The van der Waals surface area contributed by atoms with Gasteiger partial charge in [0.05, 0.1) is 18.6 Å². The molecule has 0 aliphatic carbocycles. The number of nitrogens with one attached hydrogen (secondary N) is 1. The first-order chi connectivity index (χ1) is 21.9. The summed E-state index contributed by atoms with van der Waals surface area (Å²) in [4.78, 5) is 58.9. The molecule has 10 heteroatoms. The number of carbonyl (C=O) groups excluding carboxylic acids is 4. The number of esters is 1. The Labute approximate surface area is 262 Å². The highest BCUT2D eigenvalue weighted by molar-refractivity contribution is 5.99. The van der Waals surface area contributed by atoms with Crippen molar-refractivity contribution in [1.29, 1.82) is 0 Å². The molecule has 4 aliphatic rings. The highest BCUT2D eigenvalue weighted by Gasteiger charge is 2.73. The number of cyclic esters (lactones) is 1. The minimum atomic E-state index is -1.33. The summed E-state index contributed by atoms with van der Waals surface area (Å²) < 4.78 is 12.6. The quantitative estimate of drug-likeness (QED) is 0.280. The fourth-order valence-corrected chi connectivity index (χ4v) is 7.00. The van der Waals surface area contributed by atoms with Crippen LogP contribution in [-0.4, -0.2) is 82.6 Å². The number of amides is 3. The third-order valence-electron chi connectivity index (χ3n) is 9.16. The number of rotatable bonds is 7. The van der Waals surface area contributed by atoms with E-state index in [2.05, 4.69) is 5.32 Å². The van der Waals surface area contributed by atoms with E-state index in [9.17, 15) is 24.3 Å². The number of hydrogen-bond donors (Lipinski definition) is 2. The third-order valence-corrected chi connectivity index (χ3v) is 9.16. The first-order valence-electron chi connectivity index (χ1n) is 15.7. The summed E-state index contributed by atoms with van der Waals surface area (Å²) in [5.74, 6) is -3.31. The summed E-state index contributed by atoms with van der Waals surface area (Å²) in [6.07, 6.45) is 7.47. The molecule has 1 spiro atoms. The number of aliphatic hydroxyl groups is 1. The van der Waals surface area contributed by atoms with Gasteiger partial charge in [0.2, 0.25) is 17.7 Å². The lowest BCUT2D eigenvalue weighted by Gasteiger charge is -2.36. The van der Waals surface area contributed by atoms with Crippen molar-refractivity contribution in [3.8, 4) is 0 Å². The molecule has 0 saturated carbocycles. The Morgan fingerprint density at radius 2 is 1.69 bits per heavy atom. The molecule has 2 fully saturated rings. The molecule has 2 saturated heterocycles. The monoisotopic (exact) mass is 613 g/mol. The molecule has 2 aromatic carbocycles. The largest absolute Gasteiger partial charge is 0.455 e. The number of fused-ring (bicyclic) bond motifs is 2. The van der Waals surface area contributed by atoms with Crippen LogP contribution in [0.5, 0.6) is 0 Å². The first kappa shape index (κ1) is 30.7. The van der Waals surface area contributed by atoms with E-state index < -0.39 is 41.7 Å². The highest BCUT2D eigenvalue weighted by Crippen LogP contribution is 2.56. The lowest BCUT2D eigenvalue weighted by molar-refractivity contribution is -0.159. The van der Waals surface area contributed by atoms with E-state index >= 15 is 0 Å². The van der Waals surface area contributed by atoms with Crippen LogP contribution in [0.1, 0.15) is 42.9 Å². The van der Waals surface area contributed by atoms with Gasteiger partial charge in [-0.05, 0) is 30.4 Å². The van der Waals surface area contributed by atoms with Gasteiger partial charge in [0.1, 0.15) is 23.7 Å². The summed E-state index contributed by atoms with van der Waals surface area (Å²) in [7, 11) is 0.